The number of rotatable bonds is 5. The van der Waals surface area contributed by atoms with E-state index in [-0.39, 0.29) is 18.1 Å². The third-order valence-corrected chi connectivity index (χ3v) is 3.33. The molecular weight excluding hydrogens is 234 g/mol. The van der Waals surface area contributed by atoms with E-state index in [4.69, 9.17) is 9.47 Å². The topological polar surface area (TPSA) is 62.8 Å². The summed E-state index contributed by atoms with van der Waals surface area (Å²) in [7, 11) is 0. The number of carbonyl (C=O) groups excluding carboxylic acids is 1. The largest absolute Gasteiger partial charge is 0.376 e. The average Bonchev–Trinajstić information content (AvgIpc) is 2.78. The smallest absolute Gasteiger partial charge is 0.234 e. The van der Waals surface area contributed by atoms with E-state index in [2.05, 4.69) is 15.5 Å². The first-order chi connectivity index (χ1) is 8.79. The molecule has 2 N–H and O–H groups in total. The molecule has 2 atom stereocenters. The summed E-state index contributed by atoms with van der Waals surface area (Å²) in [5.74, 6) is 0.0668. The summed E-state index contributed by atoms with van der Waals surface area (Å²) in [5, 5.41) is 6.28. The molecule has 2 rings (SSSR count). The van der Waals surface area contributed by atoms with Crippen molar-refractivity contribution in [2.24, 2.45) is 0 Å². The maximum atomic E-state index is 11.9. The van der Waals surface area contributed by atoms with Crippen LogP contribution in [0.25, 0.3) is 0 Å². The minimum Gasteiger partial charge on any atom is -0.376 e. The maximum absolute atomic E-state index is 11.9. The molecule has 1 amide bonds. The Morgan fingerprint density at radius 1 is 1.44 bits per heavy atom. The summed E-state index contributed by atoms with van der Waals surface area (Å²) in [6.45, 7) is 7.99. The van der Waals surface area contributed by atoms with Crippen molar-refractivity contribution in [3.05, 3.63) is 0 Å². The molecular formula is C12H23N3O3. The van der Waals surface area contributed by atoms with Crippen molar-refractivity contribution in [2.45, 2.75) is 19.1 Å². The molecule has 0 radical (unpaired) electrons. The molecule has 0 aromatic heterocycles. The van der Waals surface area contributed by atoms with Crippen molar-refractivity contribution in [2.75, 3.05) is 52.5 Å². The van der Waals surface area contributed by atoms with Crippen molar-refractivity contribution < 1.29 is 14.3 Å². The minimum absolute atomic E-state index is 0.000338. The molecule has 0 aromatic rings. The van der Waals surface area contributed by atoms with E-state index in [1.54, 1.807) is 0 Å². The van der Waals surface area contributed by atoms with Gasteiger partial charge in [0.1, 0.15) is 6.10 Å². The molecule has 6 heteroatoms. The predicted octanol–water partition coefficient (Wildman–Crippen LogP) is -1.19. The third-order valence-electron chi connectivity index (χ3n) is 3.33. The second kappa shape index (κ2) is 7.04. The number of nitrogens with zero attached hydrogens (tertiary/aromatic N) is 1. The molecule has 0 aromatic carbocycles. The number of hydrogen-bond donors (Lipinski definition) is 2. The molecule has 0 bridgehead atoms. The van der Waals surface area contributed by atoms with Gasteiger partial charge < -0.3 is 20.1 Å². The van der Waals surface area contributed by atoms with Gasteiger partial charge in [0.2, 0.25) is 5.91 Å². The molecule has 104 valence electrons. The van der Waals surface area contributed by atoms with Crippen LogP contribution in [0.15, 0.2) is 0 Å². The Balaban J connectivity index is 1.72. The molecule has 18 heavy (non-hydrogen) atoms. The molecule has 2 aliphatic rings. The van der Waals surface area contributed by atoms with Gasteiger partial charge in [0, 0.05) is 32.8 Å². The van der Waals surface area contributed by atoms with Gasteiger partial charge in [0.25, 0.3) is 0 Å². The van der Waals surface area contributed by atoms with Crippen LogP contribution < -0.4 is 10.6 Å². The number of nitrogens with one attached hydrogen (secondary N) is 2. The lowest BCUT2D eigenvalue weighted by molar-refractivity contribution is -0.123. The number of piperazine rings is 1. The molecule has 0 unspecified atom stereocenters. The fourth-order valence-electron chi connectivity index (χ4n) is 2.37. The monoisotopic (exact) mass is 257 g/mol. The fourth-order valence-corrected chi connectivity index (χ4v) is 2.37. The number of carbonyl (C=O) groups is 1. The highest BCUT2D eigenvalue weighted by Gasteiger charge is 2.30. The standard InChI is InChI=1S/C12H23N3O3/c1-2-18-11-9-17-8-10(11)14-12(16)7-15-5-3-13-4-6-15/h10-11,13H,2-9H2,1H3,(H,14,16)/t10-,11-/m1/s1. The molecule has 2 heterocycles. The molecule has 2 saturated heterocycles. The molecule has 0 spiro atoms. The normalized spacial score (nSPS) is 29.4. The van der Waals surface area contributed by atoms with E-state index in [0.717, 1.165) is 26.2 Å². The molecule has 2 fully saturated rings. The third kappa shape index (κ3) is 3.91. The van der Waals surface area contributed by atoms with E-state index < -0.39 is 0 Å². The van der Waals surface area contributed by atoms with Crippen LogP contribution in [0.4, 0.5) is 0 Å². The zero-order valence-corrected chi connectivity index (χ0v) is 11.0. The van der Waals surface area contributed by atoms with Gasteiger partial charge in [-0.1, -0.05) is 0 Å². The Bertz CT molecular complexity index is 269. The average molecular weight is 257 g/mol. The predicted molar refractivity (Wildman–Crippen MR) is 67.5 cm³/mol. The van der Waals surface area contributed by atoms with Crippen LogP contribution in [0.1, 0.15) is 6.92 Å². The number of hydrogen-bond acceptors (Lipinski definition) is 5. The van der Waals surface area contributed by atoms with Gasteiger partial charge in [-0.05, 0) is 6.92 Å². The van der Waals surface area contributed by atoms with Crippen molar-refractivity contribution in [3.8, 4) is 0 Å². The zero-order chi connectivity index (χ0) is 12.8. The Morgan fingerprint density at radius 2 is 2.22 bits per heavy atom. The summed E-state index contributed by atoms with van der Waals surface area (Å²) in [4.78, 5) is 14.1. The summed E-state index contributed by atoms with van der Waals surface area (Å²) >= 11 is 0. The molecule has 0 aliphatic carbocycles. The lowest BCUT2D eigenvalue weighted by atomic mass is 10.2. The van der Waals surface area contributed by atoms with Crippen LogP contribution >= 0.6 is 0 Å². The lowest BCUT2D eigenvalue weighted by Gasteiger charge is -2.27. The Kier molecular flexibility index (Phi) is 5.37. The van der Waals surface area contributed by atoms with E-state index >= 15 is 0 Å². The van der Waals surface area contributed by atoms with Crippen molar-refractivity contribution in [1.29, 1.82) is 0 Å². The first-order valence-corrected chi connectivity index (χ1v) is 6.71. The van der Waals surface area contributed by atoms with E-state index in [1.807, 2.05) is 6.92 Å². The van der Waals surface area contributed by atoms with Gasteiger partial charge in [-0.3, -0.25) is 9.69 Å². The van der Waals surface area contributed by atoms with Gasteiger partial charge >= 0.3 is 0 Å². The SMILES string of the molecule is CCO[C@@H]1COC[C@H]1NC(=O)CN1CCNCC1. The van der Waals surface area contributed by atoms with Crippen LogP contribution in [0.3, 0.4) is 0 Å². The second-order valence-corrected chi connectivity index (χ2v) is 4.73. The van der Waals surface area contributed by atoms with Crippen LogP contribution in [-0.4, -0.2) is 75.5 Å². The van der Waals surface area contributed by atoms with Crippen molar-refractivity contribution >= 4 is 5.91 Å². The summed E-state index contributed by atoms with van der Waals surface area (Å²) in [6.07, 6.45) is 0.00183. The van der Waals surface area contributed by atoms with Crippen LogP contribution in [-0.2, 0) is 14.3 Å². The van der Waals surface area contributed by atoms with E-state index in [9.17, 15) is 4.79 Å². The highest BCUT2D eigenvalue weighted by Crippen LogP contribution is 2.09. The number of amides is 1. The van der Waals surface area contributed by atoms with Gasteiger partial charge in [-0.15, -0.1) is 0 Å². The van der Waals surface area contributed by atoms with Gasteiger partial charge in [-0.2, -0.15) is 0 Å². The zero-order valence-electron chi connectivity index (χ0n) is 11.0. The fraction of sp³-hybridized carbons (Fsp3) is 0.917. The first kappa shape index (κ1) is 13.7. The minimum atomic E-state index is 0.000338. The van der Waals surface area contributed by atoms with Crippen molar-refractivity contribution in [1.82, 2.24) is 15.5 Å². The maximum Gasteiger partial charge on any atom is 0.234 e. The summed E-state index contributed by atoms with van der Waals surface area (Å²) in [5.41, 5.74) is 0. The molecule has 6 nitrogen and oxygen atoms in total. The highest BCUT2D eigenvalue weighted by molar-refractivity contribution is 5.78. The van der Waals surface area contributed by atoms with E-state index in [1.165, 1.54) is 0 Å². The summed E-state index contributed by atoms with van der Waals surface area (Å²) < 4.78 is 10.9. The summed E-state index contributed by atoms with van der Waals surface area (Å²) in [6, 6.07) is 0.000338. The van der Waals surface area contributed by atoms with Crippen LogP contribution in [0.5, 0.6) is 0 Å². The Hall–Kier alpha value is -0.690. The first-order valence-electron chi connectivity index (χ1n) is 6.71. The lowest BCUT2D eigenvalue weighted by Crippen LogP contribution is -2.51. The van der Waals surface area contributed by atoms with Crippen LogP contribution in [0, 0.1) is 0 Å². The Morgan fingerprint density at radius 3 is 2.94 bits per heavy atom. The van der Waals surface area contributed by atoms with Gasteiger partial charge in [-0.25, -0.2) is 0 Å². The van der Waals surface area contributed by atoms with Gasteiger partial charge in [0.15, 0.2) is 0 Å². The van der Waals surface area contributed by atoms with Crippen LogP contribution in [0.2, 0.25) is 0 Å². The van der Waals surface area contributed by atoms with Gasteiger partial charge in [0.05, 0.1) is 25.8 Å². The second-order valence-electron chi connectivity index (χ2n) is 4.73. The Labute approximate surface area is 108 Å². The quantitative estimate of drug-likeness (QED) is 0.648. The number of ether oxygens (including phenoxy) is 2. The van der Waals surface area contributed by atoms with Crippen molar-refractivity contribution in [3.63, 3.8) is 0 Å². The highest BCUT2D eigenvalue weighted by atomic mass is 16.5. The molecule has 0 saturated carbocycles. The molecule has 2 aliphatic heterocycles. The van der Waals surface area contributed by atoms with E-state index in [0.29, 0.717) is 26.4 Å².